The van der Waals surface area contributed by atoms with Crippen molar-refractivity contribution in [2.24, 2.45) is 11.7 Å². The summed E-state index contributed by atoms with van der Waals surface area (Å²) in [5, 5.41) is 14.2. The monoisotopic (exact) mass is 433 g/mol. The number of halogens is 1. The van der Waals surface area contributed by atoms with Crippen molar-refractivity contribution < 1.29 is 14.3 Å². The molecule has 1 aromatic heterocycles. The molecule has 6 heteroatoms. The van der Waals surface area contributed by atoms with Crippen LogP contribution in [0.25, 0.3) is 22.0 Å². The number of pyridine rings is 1. The lowest BCUT2D eigenvalue weighted by molar-refractivity contribution is 0.0968. The smallest absolute Gasteiger partial charge is 0.169 e. The van der Waals surface area contributed by atoms with E-state index in [0.29, 0.717) is 11.1 Å². The highest BCUT2D eigenvalue weighted by Crippen LogP contribution is 2.39. The molecule has 0 saturated heterocycles. The van der Waals surface area contributed by atoms with Gasteiger partial charge in [0.15, 0.2) is 17.3 Å². The average molecular weight is 434 g/mol. The van der Waals surface area contributed by atoms with Gasteiger partial charge in [0.2, 0.25) is 0 Å². The number of phenols is 1. The lowest BCUT2D eigenvalue weighted by Gasteiger charge is -2.29. The van der Waals surface area contributed by atoms with Crippen molar-refractivity contribution >= 4 is 22.4 Å². The Balaban J connectivity index is 1.63. The zero-order valence-electron chi connectivity index (χ0n) is 18.2. The quantitative estimate of drug-likeness (QED) is 0.473. The van der Waals surface area contributed by atoms with Crippen LogP contribution < -0.4 is 11.1 Å². The van der Waals surface area contributed by atoms with Crippen molar-refractivity contribution in [1.82, 2.24) is 4.98 Å². The first-order chi connectivity index (χ1) is 15.4. The molecule has 166 valence electrons. The average Bonchev–Trinajstić information content (AvgIpc) is 3.63. The van der Waals surface area contributed by atoms with E-state index < -0.39 is 5.82 Å². The zero-order chi connectivity index (χ0) is 22.4. The van der Waals surface area contributed by atoms with Gasteiger partial charge in [-0.1, -0.05) is 6.07 Å². The molecule has 0 radical (unpaired) electrons. The van der Waals surface area contributed by atoms with Crippen LogP contribution in [-0.2, 0) is 0 Å². The molecule has 5 nitrogen and oxygen atoms in total. The molecule has 2 aliphatic rings. The third kappa shape index (κ3) is 3.95. The zero-order valence-corrected chi connectivity index (χ0v) is 18.2. The molecule has 0 bridgehead atoms. The first-order valence-electron chi connectivity index (χ1n) is 11.4. The molecule has 3 aromatic rings. The normalized spacial score (nSPS) is 21.0. The molecule has 4 N–H and O–H groups in total. The summed E-state index contributed by atoms with van der Waals surface area (Å²) in [5.74, 6) is -0.778. The number of carbonyl (C=O) groups excluding carboxylic acids is 1. The Morgan fingerprint density at radius 2 is 1.88 bits per heavy atom. The van der Waals surface area contributed by atoms with Gasteiger partial charge in [-0.05, 0) is 86.4 Å². The number of hydrogen-bond acceptors (Lipinski definition) is 5. The summed E-state index contributed by atoms with van der Waals surface area (Å²) in [6.45, 7) is 1.84. The van der Waals surface area contributed by atoms with Crippen molar-refractivity contribution in [1.29, 1.82) is 0 Å². The Hall–Kier alpha value is -2.99. The van der Waals surface area contributed by atoms with Crippen LogP contribution in [0.3, 0.4) is 0 Å². The number of ketones is 1. The van der Waals surface area contributed by atoms with Gasteiger partial charge in [-0.15, -0.1) is 0 Å². The Labute approximate surface area is 186 Å². The number of rotatable bonds is 5. The van der Waals surface area contributed by atoms with Crippen LogP contribution in [0.4, 0.5) is 10.1 Å². The molecular weight excluding hydrogens is 405 g/mol. The molecule has 1 heterocycles. The molecule has 0 aliphatic heterocycles. The van der Waals surface area contributed by atoms with Crippen molar-refractivity contribution in [3.8, 4) is 16.9 Å². The largest absolute Gasteiger partial charge is 0.505 e. The summed E-state index contributed by atoms with van der Waals surface area (Å²) in [7, 11) is 0. The summed E-state index contributed by atoms with van der Waals surface area (Å²) < 4.78 is 14.1. The summed E-state index contributed by atoms with van der Waals surface area (Å²) in [6, 6.07) is 9.07. The molecular formula is C26H28FN3O2. The Kier molecular flexibility index (Phi) is 5.33. The van der Waals surface area contributed by atoms with E-state index >= 15 is 0 Å². The van der Waals surface area contributed by atoms with Crippen molar-refractivity contribution in [2.45, 2.75) is 57.5 Å². The molecule has 2 fully saturated rings. The van der Waals surface area contributed by atoms with E-state index in [4.69, 9.17) is 5.73 Å². The fourth-order valence-electron chi connectivity index (χ4n) is 4.71. The number of anilines is 1. The number of nitrogens with two attached hydrogens (primary N) is 1. The van der Waals surface area contributed by atoms with Crippen molar-refractivity contribution in [3.05, 3.63) is 53.5 Å². The van der Waals surface area contributed by atoms with Gasteiger partial charge in [-0.2, -0.15) is 0 Å². The lowest BCUT2D eigenvalue weighted by atomic mass is 9.90. The SMILES string of the molecule is Cc1cc(O)c(F)cc1-c1ccc2ncc(C(=O)C3CC3)c(N[C@H]3CC[C@H](N)CC3)c2c1. The summed E-state index contributed by atoms with van der Waals surface area (Å²) in [4.78, 5) is 17.7. The maximum Gasteiger partial charge on any atom is 0.169 e. The number of aromatic hydroxyl groups is 1. The van der Waals surface area contributed by atoms with E-state index in [0.717, 1.165) is 66.2 Å². The predicted octanol–water partition coefficient (Wildman–Crippen LogP) is 5.33. The van der Waals surface area contributed by atoms with Crippen molar-refractivity contribution in [2.75, 3.05) is 5.32 Å². The number of carbonyl (C=O) groups is 1. The number of phenolic OH excluding ortho intramolecular Hbond substituents is 1. The minimum absolute atomic E-state index is 0.0891. The van der Waals surface area contributed by atoms with Crippen LogP contribution in [-0.4, -0.2) is 28.0 Å². The maximum atomic E-state index is 14.1. The molecule has 0 unspecified atom stereocenters. The van der Waals surface area contributed by atoms with E-state index in [1.54, 1.807) is 6.20 Å². The Morgan fingerprint density at radius 1 is 1.12 bits per heavy atom. The third-order valence-corrected chi connectivity index (χ3v) is 6.81. The van der Waals surface area contributed by atoms with Crippen LogP contribution in [0.5, 0.6) is 5.75 Å². The molecule has 5 rings (SSSR count). The highest BCUT2D eigenvalue weighted by molar-refractivity contribution is 6.10. The number of hydrogen-bond donors (Lipinski definition) is 3. The molecule has 2 aliphatic carbocycles. The highest BCUT2D eigenvalue weighted by Gasteiger charge is 2.33. The number of Topliss-reactive ketones (excluding diaryl/α,β-unsaturated/α-hetero) is 1. The van der Waals surface area contributed by atoms with E-state index in [-0.39, 0.29) is 29.5 Å². The van der Waals surface area contributed by atoms with Gasteiger partial charge in [0.1, 0.15) is 0 Å². The fourth-order valence-corrected chi connectivity index (χ4v) is 4.71. The van der Waals surface area contributed by atoms with Gasteiger partial charge in [-0.3, -0.25) is 9.78 Å². The topological polar surface area (TPSA) is 88.2 Å². The van der Waals surface area contributed by atoms with E-state index in [1.807, 2.05) is 25.1 Å². The number of aromatic nitrogens is 1. The number of fused-ring (bicyclic) bond motifs is 1. The molecule has 2 saturated carbocycles. The summed E-state index contributed by atoms with van der Waals surface area (Å²) in [5.41, 5.74) is 10.6. The van der Waals surface area contributed by atoms with E-state index in [2.05, 4.69) is 10.3 Å². The van der Waals surface area contributed by atoms with E-state index in [9.17, 15) is 14.3 Å². The van der Waals surface area contributed by atoms with Crippen LogP contribution in [0.1, 0.15) is 54.4 Å². The van der Waals surface area contributed by atoms with Crippen LogP contribution in [0.2, 0.25) is 0 Å². The summed E-state index contributed by atoms with van der Waals surface area (Å²) in [6.07, 6.45) is 7.41. The maximum absolute atomic E-state index is 14.1. The predicted molar refractivity (Wildman–Crippen MR) is 124 cm³/mol. The standard InChI is InChI=1S/C26H28FN3O2/c1-14-10-24(31)22(27)12-19(14)16-4-9-23-20(11-16)25(30-18-7-5-17(28)6-8-18)21(13-29-23)26(32)15-2-3-15/h4,9-13,15,17-18,31H,2-3,5-8,28H2,1H3,(H,29,30)/t17-,18-. The van der Waals surface area contributed by atoms with Gasteiger partial charge < -0.3 is 16.2 Å². The molecule has 0 atom stereocenters. The fraction of sp³-hybridized carbons (Fsp3) is 0.385. The second-order valence-electron chi connectivity index (χ2n) is 9.29. The molecule has 32 heavy (non-hydrogen) atoms. The number of benzene rings is 2. The minimum atomic E-state index is -0.654. The minimum Gasteiger partial charge on any atom is -0.505 e. The lowest BCUT2D eigenvalue weighted by Crippen LogP contribution is -2.33. The van der Waals surface area contributed by atoms with E-state index in [1.165, 1.54) is 12.1 Å². The number of aryl methyl sites for hydroxylation is 1. The van der Waals surface area contributed by atoms with Gasteiger partial charge >= 0.3 is 0 Å². The Morgan fingerprint density at radius 3 is 2.59 bits per heavy atom. The van der Waals surface area contributed by atoms with Gasteiger partial charge in [0.05, 0.1) is 16.8 Å². The van der Waals surface area contributed by atoms with Crippen LogP contribution in [0.15, 0.2) is 36.5 Å². The molecule has 0 amide bonds. The van der Waals surface area contributed by atoms with Crippen LogP contribution >= 0.6 is 0 Å². The molecule has 2 aromatic carbocycles. The summed E-state index contributed by atoms with van der Waals surface area (Å²) >= 11 is 0. The van der Waals surface area contributed by atoms with Crippen molar-refractivity contribution in [3.63, 3.8) is 0 Å². The van der Waals surface area contributed by atoms with Gasteiger partial charge in [-0.25, -0.2) is 4.39 Å². The van der Waals surface area contributed by atoms with Gasteiger partial charge in [0.25, 0.3) is 0 Å². The third-order valence-electron chi connectivity index (χ3n) is 6.81. The second-order valence-corrected chi connectivity index (χ2v) is 9.29. The Bertz CT molecular complexity index is 1200. The second kappa shape index (κ2) is 8.17. The highest BCUT2D eigenvalue weighted by atomic mass is 19.1. The number of nitrogens with one attached hydrogen (secondary N) is 1. The molecule has 0 spiro atoms. The van der Waals surface area contributed by atoms with Crippen LogP contribution in [0, 0.1) is 18.7 Å². The van der Waals surface area contributed by atoms with Gasteiger partial charge in [0, 0.05) is 29.6 Å². The first kappa shape index (κ1) is 20.9. The first-order valence-corrected chi connectivity index (χ1v) is 11.4. The number of nitrogens with zero attached hydrogens (tertiary/aromatic N) is 1.